The molecule has 1 aliphatic rings. The Morgan fingerprint density at radius 3 is 2.88 bits per heavy atom. The summed E-state index contributed by atoms with van der Waals surface area (Å²) < 4.78 is 12.4. The normalized spacial score (nSPS) is 13.1. The van der Waals surface area contributed by atoms with E-state index < -0.39 is 5.56 Å². The Hall–Kier alpha value is -3.68. The molecule has 0 fully saturated rings. The van der Waals surface area contributed by atoms with Gasteiger partial charge in [0, 0.05) is 17.4 Å². The van der Waals surface area contributed by atoms with Gasteiger partial charge in [0.2, 0.25) is 17.2 Å². The van der Waals surface area contributed by atoms with E-state index in [4.69, 9.17) is 14.1 Å². The molecular formula is C25H26N4O4. The fourth-order valence-electron chi connectivity index (χ4n) is 4.59. The zero-order valence-corrected chi connectivity index (χ0v) is 19.0. The van der Waals surface area contributed by atoms with E-state index in [0.717, 1.165) is 36.8 Å². The standard InChI is InChI=1S/C25H26N4O4/c1-14(2)10-19-17-8-5-9-18(17)21-22-23(33-24(21)28-19)25(31)29(13-26-22)12-20(30)27-15-6-4-7-16(11-15)32-3/h4,6-7,11,13-14H,5,8-10,12H2,1-3H3,(H,27,30). The number of aromatic nitrogens is 3. The molecule has 170 valence electrons. The molecule has 0 radical (unpaired) electrons. The molecule has 1 N–H and O–H groups in total. The lowest BCUT2D eigenvalue weighted by atomic mass is 9.99. The van der Waals surface area contributed by atoms with Crippen LogP contribution in [0.25, 0.3) is 22.2 Å². The fourth-order valence-corrected chi connectivity index (χ4v) is 4.59. The molecule has 33 heavy (non-hydrogen) atoms. The van der Waals surface area contributed by atoms with Crippen molar-refractivity contribution in [2.75, 3.05) is 12.4 Å². The number of nitrogens with zero attached hydrogens (tertiary/aromatic N) is 3. The van der Waals surface area contributed by atoms with E-state index in [-0.39, 0.29) is 18.0 Å². The molecular weight excluding hydrogens is 420 g/mol. The Labute approximate surface area is 190 Å². The minimum absolute atomic E-state index is 0.143. The molecule has 3 aromatic heterocycles. The summed E-state index contributed by atoms with van der Waals surface area (Å²) in [7, 11) is 1.56. The van der Waals surface area contributed by atoms with Gasteiger partial charge in [-0.25, -0.2) is 9.97 Å². The summed E-state index contributed by atoms with van der Waals surface area (Å²) in [4.78, 5) is 35.0. The van der Waals surface area contributed by atoms with Gasteiger partial charge in [-0.3, -0.25) is 14.2 Å². The number of nitrogens with one attached hydrogen (secondary N) is 1. The average molecular weight is 447 g/mol. The highest BCUT2D eigenvalue weighted by Gasteiger charge is 2.26. The van der Waals surface area contributed by atoms with Crippen LogP contribution in [-0.4, -0.2) is 27.6 Å². The van der Waals surface area contributed by atoms with Crippen LogP contribution < -0.4 is 15.6 Å². The van der Waals surface area contributed by atoms with Crippen molar-refractivity contribution in [1.82, 2.24) is 14.5 Å². The van der Waals surface area contributed by atoms with E-state index >= 15 is 0 Å². The van der Waals surface area contributed by atoms with Crippen LogP contribution in [0.15, 0.2) is 39.8 Å². The van der Waals surface area contributed by atoms with Gasteiger partial charge in [-0.2, -0.15) is 0 Å². The van der Waals surface area contributed by atoms with Gasteiger partial charge in [0.1, 0.15) is 17.8 Å². The second kappa shape index (κ2) is 8.35. The van der Waals surface area contributed by atoms with Crippen LogP contribution in [-0.2, 0) is 30.6 Å². The van der Waals surface area contributed by atoms with Crippen molar-refractivity contribution < 1.29 is 13.9 Å². The smallest absolute Gasteiger partial charge is 0.297 e. The lowest BCUT2D eigenvalue weighted by Crippen LogP contribution is -2.27. The van der Waals surface area contributed by atoms with Crippen molar-refractivity contribution in [3.8, 4) is 5.75 Å². The number of benzene rings is 1. The van der Waals surface area contributed by atoms with Gasteiger partial charge >= 0.3 is 0 Å². The number of carbonyl (C=O) groups excluding carboxylic acids is 1. The third-order valence-corrected chi connectivity index (χ3v) is 6.02. The molecule has 8 heteroatoms. The summed E-state index contributed by atoms with van der Waals surface area (Å²) in [6.07, 6.45) is 5.28. The maximum Gasteiger partial charge on any atom is 0.297 e. The lowest BCUT2D eigenvalue weighted by Gasteiger charge is -2.10. The highest BCUT2D eigenvalue weighted by atomic mass is 16.5. The van der Waals surface area contributed by atoms with Crippen LogP contribution in [0.3, 0.4) is 0 Å². The molecule has 4 aromatic rings. The number of hydrogen-bond acceptors (Lipinski definition) is 6. The van der Waals surface area contributed by atoms with E-state index in [1.54, 1.807) is 31.4 Å². The first-order chi connectivity index (χ1) is 15.9. The zero-order chi connectivity index (χ0) is 23.1. The van der Waals surface area contributed by atoms with Gasteiger partial charge < -0.3 is 14.5 Å². The molecule has 0 saturated carbocycles. The van der Waals surface area contributed by atoms with Crippen molar-refractivity contribution in [1.29, 1.82) is 0 Å². The number of ether oxygens (including phenoxy) is 1. The van der Waals surface area contributed by atoms with E-state index in [9.17, 15) is 9.59 Å². The molecule has 1 amide bonds. The summed E-state index contributed by atoms with van der Waals surface area (Å²) in [6.45, 7) is 4.16. The first-order valence-electron chi connectivity index (χ1n) is 11.2. The Balaban J connectivity index is 1.50. The monoisotopic (exact) mass is 446 g/mol. The number of methoxy groups -OCH3 is 1. The molecule has 3 heterocycles. The summed E-state index contributed by atoms with van der Waals surface area (Å²) in [5.41, 5.74) is 4.87. The van der Waals surface area contributed by atoms with E-state index in [0.29, 0.717) is 28.6 Å². The van der Waals surface area contributed by atoms with Gasteiger partial charge in [0.25, 0.3) is 5.56 Å². The number of pyridine rings is 1. The summed E-state index contributed by atoms with van der Waals surface area (Å²) in [5.74, 6) is 0.760. The lowest BCUT2D eigenvalue weighted by molar-refractivity contribution is -0.116. The fraction of sp³-hybridized carbons (Fsp3) is 0.360. The number of fused-ring (bicyclic) bond motifs is 5. The van der Waals surface area contributed by atoms with Crippen LogP contribution in [0.2, 0.25) is 0 Å². The summed E-state index contributed by atoms with van der Waals surface area (Å²) in [6, 6.07) is 7.03. The molecule has 0 aliphatic heterocycles. The maximum absolute atomic E-state index is 13.2. The largest absolute Gasteiger partial charge is 0.497 e. The molecule has 8 nitrogen and oxygen atoms in total. The Bertz CT molecular complexity index is 1430. The van der Waals surface area contributed by atoms with Crippen molar-refractivity contribution in [2.45, 2.75) is 46.1 Å². The zero-order valence-electron chi connectivity index (χ0n) is 19.0. The predicted molar refractivity (Wildman–Crippen MR) is 126 cm³/mol. The first-order valence-corrected chi connectivity index (χ1v) is 11.2. The number of anilines is 1. The van der Waals surface area contributed by atoms with Crippen LogP contribution in [0.5, 0.6) is 5.75 Å². The minimum Gasteiger partial charge on any atom is -0.497 e. The number of amides is 1. The summed E-state index contributed by atoms with van der Waals surface area (Å²) >= 11 is 0. The third kappa shape index (κ3) is 3.86. The Morgan fingerprint density at radius 2 is 2.09 bits per heavy atom. The molecule has 1 aromatic carbocycles. The highest BCUT2D eigenvalue weighted by Crippen LogP contribution is 2.36. The molecule has 5 rings (SSSR count). The average Bonchev–Trinajstić information content (AvgIpc) is 3.40. The number of carbonyl (C=O) groups is 1. The van der Waals surface area contributed by atoms with Crippen LogP contribution >= 0.6 is 0 Å². The van der Waals surface area contributed by atoms with E-state index in [2.05, 4.69) is 24.1 Å². The van der Waals surface area contributed by atoms with Gasteiger partial charge in [0.15, 0.2) is 0 Å². The number of furan rings is 1. The van der Waals surface area contributed by atoms with Crippen molar-refractivity contribution in [2.24, 2.45) is 5.92 Å². The third-order valence-electron chi connectivity index (χ3n) is 6.02. The van der Waals surface area contributed by atoms with Gasteiger partial charge in [-0.1, -0.05) is 19.9 Å². The van der Waals surface area contributed by atoms with Gasteiger partial charge in [-0.15, -0.1) is 0 Å². The molecule has 0 unspecified atom stereocenters. The molecule has 0 spiro atoms. The second-order valence-electron chi connectivity index (χ2n) is 8.88. The molecule has 0 bridgehead atoms. The minimum atomic E-state index is -0.393. The second-order valence-corrected chi connectivity index (χ2v) is 8.88. The van der Waals surface area contributed by atoms with Crippen LogP contribution in [0.1, 0.15) is 37.1 Å². The number of rotatable bonds is 6. The molecule has 0 atom stereocenters. The van der Waals surface area contributed by atoms with E-state index in [1.807, 2.05) is 0 Å². The van der Waals surface area contributed by atoms with E-state index in [1.165, 1.54) is 22.0 Å². The number of hydrogen-bond donors (Lipinski definition) is 1. The van der Waals surface area contributed by atoms with Crippen LogP contribution in [0, 0.1) is 5.92 Å². The number of aryl methyl sites for hydroxylation is 1. The van der Waals surface area contributed by atoms with Crippen molar-refractivity contribution in [3.63, 3.8) is 0 Å². The topological polar surface area (TPSA) is 99.2 Å². The van der Waals surface area contributed by atoms with Crippen molar-refractivity contribution >= 4 is 33.8 Å². The van der Waals surface area contributed by atoms with Gasteiger partial charge in [0.05, 0.1) is 18.8 Å². The first kappa shape index (κ1) is 21.2. The predicted octanol–water partition coefficient (Wildman–Crippen LogP) is 3.87. The molecule has 1 aliphatic carbocycles. The van der Waals surface area contributed by atoms with Crippen LogP contribution in [0.4, 0.5) is 5.69 Å². The Kier molecular flexibility index (Phi) is 5.36. The highest BCUT2D eigenvalue weighted by molar-refractivity contribution is 6.03. The van der Waals surface area contributed by atoms with Crippen molar-refractivity contribution in [3.05, 3.63) is 57.8 Å². The van der Waals surface area contributed by atoms with Gasteiger partial charge in [-0.05, 0) is 54.9 Å². The molecule has 0 saturated heterocycles. The Morgan fingerprint density at radius 1 is 1.27 bits per heavy atom. The SMILES string of the molecule is COc1cccc(NC(=O)Cn2cnc3c(oc4nc(CC(C)C)c5c(c43)CCC5)c2=O)c1. The summed E-state index contributed by atoms with van der Waals surface area (Å²) in [5, 5.41) is 3.62. The maximum atomic E-state index is 13.2. The quantitative estimate of drug-likeness (QED) is 0.483.